The average Bonchev–Trinajstić information content (AvgIpc) is 2.96. The summed E-state index contributed by atoms with van der Waals surface area (Å²) < 4.78 is 0. The van der Waals surface area contributed by atoms with E-state index < -0.39 is 5.97 Å². The van der Waals surface area contributed by atoms with E-state index in [9.17, 15) is 4.79 Å². The first-order chi connectivity index (χ1) is 8.25. The van der Waals surface area contributed by atoms with Gasteiger partial charge < -0.3 is 10.1 Å². The van der Waals surface area contributed by atoms with Crippen molar-refractivity contribution < 1.29 is 9.90 Å². The molecular weight excluding hydrogens is 218 g/mol. The summed E-state index contributed by atoms with van der Waals surface area (Å²) in [5, 5.41) is 8.88. The van der Waals surface area contributed by atoms with Gasteiger partial charge in [0, 0.05) is 18.3 Å². The summed E-state index contributed by atoms with van der Waals surface area (Å²) in [7, 11) is 0. The summed E-state index contributed by atoms with van der Waals surface area (Å²) in [5.41, 5.74) is 1.72. The molecule has 2 aromatic rings. The molecule has 5 nitrogen and oxygen atoms in total. The monoisotopic (exact) mass is 229 g/mol. The van der Waals surface area contributed by atoms with E-state index in [-0.39, 0.29) is 11.8 Å². The van der Waals surface area contributed by atoms with Crippen molar-refractivity contribution in [2.75, 3.05) is 0 Å². The minimum Gasteiger partial charge on any atom is -0.481 e. The molecule has 0 saturated heterocycles. The second-order valence-electron chi connectivity index (χ2n) is 4.17. The molecule has 0 amide bonds. The third-order valence-corrected chi connectivity index (χ3v) is 2.99. The van der Waals surface area contributed by atoms with E-state index in [1.54, 1.807) is 6.20 Å². The number of hydrogen-bond acceptors (Lipinski definition) is 3. The van der Waals surface area contributed by atoms with Gasteiger partial charge in [0.05, 0.1) is 17.3 Å². The van der Waals surface area contributed by atoms with Crippen LogP contribution in [0.4, 0.5) is 0 Å². The van der Waals surface area contributed by atoms with Gasteiger partial charge >= 0.3 is 5.97 Å². The van der Waals surface area contributed by atoms with Crippen LogP contribution in [-0.4, -0.2) is 26.0 Å². The van der Waals surface area contributed by atoms with Crippen molar-refractivity contribution in [3.05, 3.63) is 36.4 Å². The lowest BCUT2D eigenvalue weighted by atomic mass is 10.2. The zero-order valence-corrected chi connectivity index (χ0v) is 9.00. The van der Waals surface area contributed by atoms with Gasteiger partial charge in [-0.15, -0.1) is 0 Å². The highest BCUT2D eigenvalue weighted by atomic mass is 16.4. The van der Waals surface area contributed by atoms with Crippen LogP contribution in [-0.2, 0) is 4.79 Å². The van der Waals surface area contributed by atoms with Crippen molar-refractivity contribution in [2.24, 2.45) is 5.92 Å². The Morgan fingerprint density at radius 3 is 3.00 bits per heavy atom. The van der Waals surface area contributed by atoms with Crippen LogP contribution in [0, 0.1) is 5.92 Å². The van der Waals surface area contributed by atoms with Gasteiger partial charge in [-0.2, -0.15) is 0 Å². The summed E-state index contributed by atoms with van der Waals surface area (Å²) >= 11 is 0. The molecule has 2 atom stereocenters. The highest BCUT2D eigenvalue weighted by Crippen LogP contribution is 2.46. The second-order valence-corrected chi connectivity index (χ2v) is 4.17. The summed E-state index contributed by atoms with van der Waals surface area (Å²) in [5.74, 6) is -0.468. The lowest BCUT2D eigenvalue weighted by Crippen LogP contribution is -2.02. The fraction of sp³-hybridized carbons (Fsp3) is 0.250. The number of aliphatic carboxylic acids is 1. The van der Waals surface area contributed by atoms with Crippen LogP contribution in [0.25, 0.3) is 11.4 Å². The molecule has 1 aliphatic carbocycles. The average molecular weight is 229 g/mol. The number of H-pyrrole nitrogens is 1. The Morgan fingerprint density at radius 2 is 2.35 bits per heavy atom. The van der Waals surface area contributed by atoms with E-state index in [4.69, 9.17) is 5.11 Å². The first kappa shape index (κ1) is 10.0. The maximum atomic E-state index is 10.8. The maximum absolute atomic E-state index is 10.8. The topological polar surface area (TPSA) is 78.9 Å². The molecule has 1 aliphatic rings. The Morgan fingerprint density at radius 1 is 1.47 bits per heavy atom. The predicted octanol–water partition coefficient (Wildman–Crippen LogP) is 1.66. The number of nitrogens with zero attached hydrogens (tertiary/aromatic N) is 2. The number of aromatic nitrogens is 3. The lowest BCUT2D eigenvalue weighted by Gasteiger charge is -2.00. The van der Waals surface area contributed by atoms with E-state index in [0.29, 0.717) is 12.2 Å². The number of carbonyl (C=O) groups is 1. The molecule has 5 heteroatoms. The molecule has 2 unspecified atom stereocenters. The van der Waals surface area contributed by atoms with Gasteiger partial charge in [0.15, 0.2) is 0 Å². The minimum atomic E-state index is -0.760. The molecule has 1 saturated carbocycles. The normalized spacial score (nSPS) is 22.4. The van der Waals surface area contributed by atoms with Crippen molar-refractivity contribution >= 4 is 5.97 Å². The summed E-state index contributed by atoms with van der Waals surface area (Å²) in [6, 6.07) is 5.63. The van der Waals surface area contributed by atoms with Crippen LogP contribution >= 0.6 is 0 Å². The molecule has 0 aromatic carbocycles. The number of hydrogen-bond donors (Lipinski definition) is 2. The van der Waals surface area contributed by atoms with E-state index in [2.05, 4.69) is 15.0 Å². The van der Waals surface area contributed by atoms with Crippen molar-refractivity contribution in [2.45, 2.75) is 12.3 Å². The smallest absolute Gasteiger partial charge is 0.307 e. The molecule has 0 spiro atoms. The van der Waals surface area contributed by atoms with Gasteiger partial charge in [-0.05, 0) is 24.6 Å². The van der Waals surface area contributed by atoms with Gasteiger partial charge in [0.2, 0.25) is 0 Å². The Balaban J connectivity index is 1.88. The number of carboxylic acids is 1. The van der Waals surface area contributed by atoms with Gasteiger partial charge in [0.1, 0.15) is 5.82 Å². The van der Waals surface area contributed by atoms with E-state index in [1.165, 1.54) is 0 Å². The molecule has 2 N–H and O–H groups in total. The molecular formula is C12H11N3O2. The van der Waals surface area contributed by atoms with Crippen LogP contribution < -0.4 is 0 Å². The first-order valence-corrected chi connectivity index (χ1v) is 5.45. The van der Waals surface area contributed by atoms with Crippen LogP contribution in [0.2, 0.25) is 0 Å². The fourth-order valence-electron chi connectivity index (χ4n) is 1.95. The predicted molar refractivity (Wildman–Crippen MR) is 60.3 cm³/mol. The largest absolute Gasteiger partial charge is 0.481 e. The maximum Gasteiger partial charge on any atom is 0.307 e. The third kappa shape index (κ3) is 1.80. The summed E-state index contributed by atoms with van der Waals surface area (Å²) in [6.07, 6.45) is 4.15. The molecule has 1 fully saturated rings. The Kier molecular flexibility index (Phi) is 2.18. The Bertz CT molecular complexity index is 551. The highest BCUT2D eigenvalue weighted by molar-refractivity contribution is 5.74. The molecule has 0 bridgehead atoms. The number of carboxylic acid groups (broad SMARTS) is 1. The molecule has 2 heterocycles. The van der Waals surface area contributed by atoms with Crippen molar-refractivity contribution in [3.8, 4) is 11.4 Å². The second kappa shape index (κ2) is 3.69. The molecule has 86 valence electrons. The summed E-state index contributed by atoms with van der Waals surface area (Å²) in [6.45, 7) is 0. The van der Waals surface area contributed by atoms with Crippen LogP contribution in [0.1, 0.15) is 18.2 Å². The number of nitrogens with one attached hydrogen (secondary N) is 1. The number of aromatic amines is 1. The SMILES string of the molecule is O=C(O)C1CC1c1nccc(-c2ccc[nH]2)n1. The molecule has 0 aliphatic heterocycles. The minimum absolute atomic E-state index is 0.0255. The zero-order valence-electron chi connectivity index (χ0n) is 9.00. The van der Waals surface area contributed by atoms with Crippen molar-refractivity contribution in [1.82, 2.24) is 15.0 Å². The highest BCUT2D eigenvalue weighted by Gasteiger charge is 2.46. The van der Waals surface area contributed by atoms with Crippen LogP contribution in [0.3, 0.4) is 0 Å². The Labute approximate surface area is 97.5 Å². The van der Waals surface area contributed by atoms with E-state index in [0.717, 1.165) is 11.4 Å². The molecule has 0 radical (unpaired) electrons. The van der Waals surface area contributed by atoms with Gasteiger partial charge in [0.25, 0.3) is 0 Å². The van der Waals surface area contributed by atoms with Gasteiger partial charge in [-0.1, -0.05) is 0 Å². The zero-order chi connectivity index (χ0) is 11.8. The third-order valence-electron chi connectivity index (χ3n) is 2.99. The molecule has 2 aromatic heterocycles. The summed E-state index contributed by atoms with van der Waals surface area (Å²) in [4.78, 5) is 22.4. The van der Waals surface area contributed by atoms with Crippen LogP contribution in [0.15, 0.2) is 30.6 Å². The number of rotatable bonds is 3. The molecule has 17 heavy (non-hydrogen) atoms. The van der Waals surface area contributed by atoms with Gasteiger partial charge in [-0.25, -0.2) is 9.97 Å². The van der Waals surface area contributed by atoms with Gasteiger partial charge in [-0.3, -0.25) is 4.79 Å². The molecule has 3 rings (SSSR count). The lowest BCUT2D eigenvalue weighted by molar-refractivity contribution is -0.138. The van der Waals surface area contributed by atoms with Crippen LogP contribution in [0.5, 0.6) is 0 Å². The Hall–Kier alpha value is -2.17. The van der Waals surface area contributed by atoms with E-state index >= 15 is 0 Å². The quantitative estimate of drug-likeness (QED) is 0.838. The van der Waals surface area contributed by atoms with Crippen molar-refractivity contribution in [3.63, 3.8) is 0 Å². The fourth-order valence-corrected chi connectivity index (χ4v) is 1.95. The standard InChI is InChI=1S/C12H11N3O2/c16-12(17)8-6-7(8)11-14-5-3-10(15-11)9-2-1-4-13-9/h1-5,7-8,13H,6H2,(H,16,17). The van der Waals surface area contributed by atoms with Crippen molar-refractivity contribution in [1.29, 1.82) is 0 Å². The first-order valence-electron chi connectivity index (χ1n) is 5.45. The van der Waals surface area contributed by atoms with E-state index in [1.807, 2.05) is 24.4 Å².